The van der Waals surface area contributed by atoms with Crippen molar-refractivity contribution in [1.82, 2.24) is 0 Å². The van der Waals surface area contributed by atoms with Crippen LogP contribution in [0.2, 0.25) is 0 Å². The zero-order chi connectivity index (χ0) is 14.8. The van der Waals surface area contributed by atoms with E-state index in [0.29, 0.717) is 5.56 Å². The Morgan fingerprint density at radius 1 is 1.40 bits per heavy atom. The van der Waals surface area contributed by atoms with Crippen molar-refractivity contribution >= 4 is 18.0 Å². The first-order valence-electron chi connectivity index (χ1n) is 6.91. The molecule has 4 nitrogen and oxygen atoms in total. The van der Waals surface area contributed by atoms with Gasteiger partial charge in [-0.2, -0.15) is 0 Å². The normalized spacial score (nSPS) is 21.8. The van der Waals surface area contributed by atoms with Crippen LogP contribution in [0.4, 0.5) is 0 Å². The van der Waals surface area contributed by atoms with E-state index in [2.05, 4.69) is 0 Å². The number of rotatable bonds is 4. The first-order valence-corrected chi connectivity index (χ1v) is 7.79. The molecule has 0 saturated carbocycles. The number of thioether (sulfide) groups is 1. The van der Waals surface area contributed by atoms with Crippen molar-refractivity contribution < 1.29 is 14.6 Å². The summed E-state index contributed by atoms with van der Waals surface area (Å²) in [5.74, 6) is 0. The lowest BCUT2D eigenvalue weighted by atomic mass is 10.1. The fraction of sp³-hybridized carbons (Fsp3) is 0.533. The van der Waals surface area contributed by atoms with E-state index in [-0.39, 0.29) is 18.1 Å². The van der Waals surface area contributed by atoms with Crippen LogP contribution in [0.5, 0.6) is 0 Å². The minimum absolute atomic E-state index is 0.0181. The van der Waals surface area contributed by atoms with Crippen LogP contribution in [0.1, 0.15) is 36.5 Å². The lowest BCUT2D eigenvalue weighted by molar-refractivity contribution is -0.0333. The number of ether oxygens (including phenoxy) is 1. The zero-order valence-corrected chi connectivity index (χ0v) is 12.6. The number of nitrogens with two attached hydrogens (primary N) is 1. The second-order valence-corrected chi connectivity index (χ2v) is 5.75. The molecule has 112 valence electrons. The highest BCUT2D eigenvalue weighted by Crippen LogP contribution is 2.32. The Labute approximate surface area is 124 Å². The van der Waals surface area contributed by atoms with E-state index in [0.717, 1.165) is 37.0 Å². The number of aldehydes is 1. The molecule has 1 aliphatic rings. The number of hydrogen-bond donors (Lipinski definition) is 2. The topological polar surface area (TPSA) is 72.6 Å². The molecule has 0 spiro atoms. The summed E-state index contributed by atoms with van der Waals surface area (Å²) in [5.41, 5.74) is 5.65. The minimum atomic E-state index is -0.0181. The molecule has 1 aromatic rings. The Bertz CT molecular complexity index is 383. The summed E-state index contributed by atoms with van der Waals surface area (Å²) >= 11 is 1.65. The van der Waals surface area contributed by atoms with Gasteiger partial charge in [-0.25, -0.2) is 0 Å². The average Bonchev–Trinajstić information content (AvgIpc) is 2.49. The fourth-order valence-electron chi connectivity index (χ4n) is 1.86. The Morgan fingerprint density at radius 3 is 2.60 bits per heavy atom. The maximum atomic E-state index is 10.5. The van der Waals surface area contributed by atoms with Gasteiger partial charge in [0.25, 0.3) is 0 Å². The summed E-state index contributed by atoms with van der Waals surface area (Å²) in [7, 11) is 0. The third kappa shape index (κ3) is 6.05. The maximum Gasteiger partial charge on any atom is 0.150 e. The van der Waals surface area contributed by atoms with Gasteiger partial charge in [-0.15, -0.1) is 0 Å². The summed E-state index contributed by atoms with van der Waals surface area (Å²) in [4.78, 5) is 11.6. The van der Waals surface area contributed by atoms with Gasteiger partial charge in [-0.3, -0.25) is 4.79 Å². The number of hydrogen-bond acceptors (Lipinski definition) is 5. The number of carbonyl (C=O) groups is 1. The second kappa shape index (κ2) is 9.94. The van der Waals surface area contributed by atoms with Gasteiger partial charge in [0, 0.05) is 10.5 Å². The van der Waals surface area contributed by atoms with Crippen molar-refractivity contribution in [2.24, 2.45) is 5.73 Å². The summed E-state index contributed by atoms with van der Waals surface area (Å²) in [6, 6.07) is 7.48. The molecule has 0 radical (unpaired) electrons. The fourth-order valence-corrected chi connectivity index (χ4v) is 2.95. The van der Waals surface area contributed by atoms with Gasteiger partial charge in [0.15, 0.2) is 0 Å². The van der Waals surface area contributed by atoms with Gasteiger partial charge in [0.05, 0.1) is 12.7 Å². The SMILES string of the molecule is CCN.O=Cc1ccc(SC2CCCC(CO)O2)cc1. The number of aliphatic hydroxyl groups is 1. The van der Waals surface area contributed by atoms with Crippen LogP contribution in [-0.4, -0.2) is 36.1 Å². The molecule has 3 N–H and O–H groups in total. The molecular weight excluding hydrogens is 274 g/mol. The Kier molecular flexibility index (Phi) is 8.53. The van der Waals surface area contributed by atoms with E-state index in [1.54, 1.807) is 11.8 Å². The van der Waals surface area contributed by atoms with Gasteiger partial charge < -0.3 is 15.6 Å². The summed E-state index contributed by atoms with van der Waals surface area (Å²) in [6.07, 6.45) is 3.87. The Balaban J connectivity index is 0.000000612. The first-order chi connectivity index (χ1) is 9.73. The lowest BCUT2D eigenvalue weighted by Gasteiger charge is -2.28. The average molecular weight is 297 g/mol. The second-order valence-electron chi connectivity index (χ2n) is 4.51. The first kappa shape index (κ1) is 17.2. The van der Waals surface area contributed by atoms with E-state index >= 15 is 0 Å². The van der Waals surface area contributed by atoms with Crippen LogP contribution in [-0.2, 0) is 4.74 Å². The predicted octanol–water partition coefficient (Wildman–Crippen LogP) is 2.44. The third-order valence-corrected chi connectivity index (χ3v) is 3.95. The highest BCUT2D eigenvalue weighted by atomic mass is 32.2. The van der Waals surface area contributed by atoms with Crippen molar-refractivity contribution in [2.75, 3.05) is 13.2 Å². The van der Waals surface area contributed by atoms with Crippen LogP contribution in [0.25, 0.3) is 0 Å². The van der Waals surface area contributed by atoms with Crippen LogP contribution >= 0.6 is 11.8 Å². The van der Waals surface area contributed by atoms with E-state index in [9.17, 15) is 4.79 Å². The van der Waals surface area contributed by atoms with Crippen molar-refractivity contribution in [3.05, 3.63) is 29.8 Å². The van der Waals surface area contributed by atoms with E-state index in [1.807, 2.05) is 31.2 Å². The standard InChI is InChI=1S/C13H16O3S.C2H7N/c14-8-10-4-6-12(7-5-10)17-13-3-1-2-11(9-15)16-13;1-2-3/h4-8,11,13,15H,1-3,9H2;2-3H2,1H3. The monoisotopic (exact) mass is 297 g/mol. The minimum Gasteiger partial charge on any atom is -0.394 e. The number of carbonyl (C=O) groups excluding carboxylic acids is 1. The van der Waals surface area contributed by atoms with Gasteiger partial charge in [-0.1, -0.05) is 30.8 Å². The van der Waals surface area contributed by atoms with Gasteiger partial charge in [-0.05, 0) is 37.9 Å². The largest absolute Gasteiger partial charge is 0.394 e. The quantitative estimate of drug-likeness (QED) is 0.835. The molecule has 2 rings (SSSR count). The molecule has 0 amide bonds. The molecule has 2 unspecified atom stereocenters. The molecule has 1 heterocycles. The van der Waals surface area contributed by atoms with Crippen LogP contribution in [0.15, 0.2) is 29.2 Å². The maximum absolute atomic E-state index is 10.5. The van der Waals surface area contributed by atoms with Crippen LogP contribution in [0.3, 0.4) is 0 Å². The molecule has 1 saturated heterocycles. The number of aliphatic hydroxyl groups excluding tert-OH is 1. The summed E-state index contributed by atoms with van der Waals surface area (Å²) in [6.45, 7) is 2.75. The predicted molar refractivity (Wildman–Crippen MR) is 82.0 cm³/mol. The van der Waals surface area contributed by atoms with E-state index < -0.39 is 0 Å². The van der Waals surface area contributed by atoms with Crippen molar-refractivity contribution in [3.63, 3.8) is 0 Å². The molecule has 0 aliphatic carbocycles. The lowest BCUT2D eigenvalue weighted by Crippen LogP contribution is -2.28. The molecule has 1 fully saturated rings. The van der Waals surface area contributed by atoms with Gasteiger partial charge in [0.2, 0.25) is 0 Å². The van der Waals surface area contributed by atoms with Gasteiger partial charge >= 0.3 is 0 Å². The summed E-state index contributed by atoms with van der Waals surface area (Å²) < 4.78 is 5.74. The Morgan fingerprint density at radius 2 is 2.05 bits per heavy atom. The van der Waals surface area contributed by atoms with Crippen molar-refractivity contribution in [1.29, 1.82) is 0 Å². The van der Waals surface area contributed by atoms with E-state index in [1.165, 1.54) is 0 Å². The van der Waals surface area contributed by atoms with Gasteiger partial charge in [0.1, 0.15) is 11.7 Å². The molecule has 20 heavy (non-hydrogen) atoms. The van der Waals surface area contributed by atoms with E-state index in [4.69, 9.17) is 15.6 Å². The molecule has 2 atom stereocenters. The molecule has 5 heteroatoms. The zero-order valence-electron chi connectivity index (χ0n) is 11.8. The van der Waals surface area contributed by atoms with Crippen molar-refractivity contribution in [2.45, 2.75) is 42.6 Å². The highest BCUT2D eigenvalue weighted by molar-refractivity contribution is 7.99. The smallest absolute Gasteiger partial charge is 0.150 e. The van der Waals surface area contributed by atoms with Crippen LogP contribution < -0.4 is 5.73 Å². The number of benzene rings is 1. The molecule has 0 bridgehead atoms. The molecular formula is C15H23NO3S. The summed E-state index contributed by atoms with van der Waals surface area (Å²) in [5, 5.41) is 9.07. The highest BCUT2D eigenvalue weighted by Gasteiger charge is 2.22. The molecule has 0 aromatic heterocycles. The third-order valence-electron chi connectivity index (χ3n) is 2.80. The van der Waals surface area contributed by atoms with Crippen molar-refractivity contribution in [3.8, 4) is 0 Å². The van der Waals surface area contributed by atoms with Crippen LogP contribution in [0, 0.1) is 0 Å². The Hall–Kier alpha value is -0.880. The molecule has 1 aliphatic heterocycles. The molecule has 1 aromatic carbocycles.